The molecule has 9 heteroatoms. The van der Waals surface area contributed by atoms with E-state index in [0.717, 1.165) is 11.8 Å². The second-order valence-electron chi connectivity index (χ2n) is 6.59. The number of benzene rings is 2. The van der Waals surface area contributed by atoms with Gasteiger partial charge in [-0.25, -0.2) is 0 Å². The fourth-order valence-corrected chi connectivity index (χ4v) is 3.11. The Kier molecular flexibility index (Phi) is 6.17. The summed E-state index contributed by atoms with van der Waals surface area (Å²) in [7, 11) is 1.63. The quantitative estimate of drug-likeness (QED) is 0.454. The second kappa shape index (κ2) is 8.79. The molecule has 0 atom stereocenters. The summed E-state index contributed by atoms with van der Waals surface area (Å²) in [5.74, 6) is 0.496. The molecule has 0 aliphatic heterocycles. The molecule has 0 radical (unpaired) electrons. The van der Waals surface area contributed by atoms with Gasteiger partial charge >= 0.3 is 0 Å². The van der Waals surface area contributed by atoms with Crippen LogP contribution in [0.2, 0.25) is 5.02 Å². The Labute approximate surface area is 177 Å². The van der Waals surface area contributed by atoms with Crippen LogP contribution in [0.3, 0.4) is 0 Å². The average molecular weight is 428 g/mol. The Hall–Kier alpha value is -3.65. The van der Waals surface area contributed by atoms with E-state index in [1.807, 2.05) is 13.0 Å². The summed E-state index contributed by atoms with van der Waals surface area (Å²) >= 11 is 6.03. The molecule has 1 N–H and O–H groups in total. The molecule has 3 aromatic rings. The highest BCUT2D eigenvalue weighted by Gasteiger charge is 2.20. The topological polar surface area (TPSA) is 106 Å². The highest BCUT2D eigenvalue weighted by molar-refractivity contribution is 6.34. The van der Waals surface area contributed by atoms with Crippen LogP contribution in [0.4, 0.5) is 11.4 Å². The maximum Gasteiger partial charge on any atom is 0.270 e. The van der Waals surface area contributed by atoms with Crippen LogP contribution < -0.4 is 5.32 Å². The van der Waals surface area contributed by atoms with Gasteiger partial charge in [-0.1, -0.05) is 23.7 Å². The van der Waals surface area contributed by atoms with Crippen LogP contribution in [-0.4, -0.2) is 28.7 Å². The summed E-state index contributed by atoms with van der Waals surface area (Å²) in [5.41, 5.74) is 0.421. The molecule has 0 aliphatic carbocycles. The standard InChI is InChI=1S/C21H18ClN3O5/c1-13-7-9-15(30-13)12-24(2)21(27)17-5-3-4-6-19(17)23-20(26)16-10-8-14(25(28)29)11-18(16)22/h3-11H,12H2,1-2H3,(H,23,26). The van der Waals surface area contributed by atoms with Crippen LogP contribution in [0.25, 0.3) is 0 Å². The lowest BCUT2D eigenvalue weighted by molar-refractivity contribution is -0.384. The zero-order chi connectivity index (χ0) is 21.8. The Morgan fingerprint density at radius 2 is 1.87 bits per heavy atom. The number of hydrogen-bond donors (Lipinski definition) is 1. The third-order valence-electron chi connectivity index (χ3n) is 4.35. The fourth-order valence-electron chi connectivity index (χ4n) is 2.85. The van der Waals surface area contributed by atoms with E-state index in [0.29, 0.717) is 11.4 Å². The summed E-state index contributed by atoms with van der Waals surface area (Å²) in [6.07, 6.45) is 0. The maximum absolute atomic E-state index is 12.9. The lowest BCUT2D eigenvalue weighted by atomic mass is 10.1. The van der Waals surface area contributed by atoms with Gasteiger partial charge in [-0.05, 0) is 37.3 Å². The molecule has 2 aromatic carbocycles. The molecule has 0 unspecified atom stereocenters. The summed E-state index contributed by atoms with van der Waals surface area (Å²) in [6.45, 7) is 2.09. The van der Waals surface area contributed by atoms with Crippen LogP contribution in [0.5, 0.6) is 0 Å². The molecule has 1 heterocycles. The molecule has 1 aromatic heterocycles. The minimum absolute atomic E-state index is 0.0592. The minimum atomic E-state index is -0.599. The van der Waals surface area contributed by atoms with Crippen LogP contribution >= 0.6 is 11.6 Å². The zero-order valence-corrected chi connectivity index (χ0v) is 17.0. The number of carbonyl (C=O) groups is 2. The number of amides is 2. The predicted molar refractivity (Wildman–Crippen MR) is 112 cm³/mol. The number of anilines is 1. The van der Waals surface area contributed by atoms with E-state index in [-0.39, 0.29) is 34.3 Å². The first-order valence-electron chi connectivity index (χ1n) is 8.91. The number of nitro benzene ring substituents is 1. The highest BCUT2D eigenvalue weighted by Crippen LogP contribution is 2.25. The molecule has 30 heavy (non-hydrogen) atoms. The van der Waals surface area contributed by atoms with Crippen molar-refractivity contribution in [2.45, 2.75) is 13.5 Å². The largest absolute Gasteiger partial charge is 0.464 e. The molecule has 154 valence electrons. The molecule has 0 spiro atoms. The number of nitro groups is 1. The predicted octanol–water partition coefficient (Wildman–Crippen LogP) is 4.67. The van der Waals surface area contributed by atoms with Crippen molar-refractivity contribution in [3.8, 4) is 0 Å². The number of aryl methyl sites for hydroxylation is 1. The van der Waals surface area contributed by atoms with Crippen molar-refractivity contribution >= 4 is 34.8 Å². The lowest BCUT2D eigenvalue weighted by Crippen LogP contribution is -2.27. The minimum Gasteiger partial charge on any atom is -0.464 e. The van der Waals surface area contributed by atoms with E-state index in [2.05, 4.69) is 5.32 Å². The van der Waals surface area contributed by atoms with Gasteiger partial charge in [-0.3, -0.25) is 19.7 Å². The monoisotopic (exact) mass is 427 g/mol. The first-order valence-corrected chi connectivity index (χ1v) is 9.29. The molecule has 8 nitrogen and oxygen atoms in total. The van der Waals surface area contributed by atoms with Crippen LogP contribution in [0, 0.1) is 17.0 Å². The zero-order valence-electron chi connectivity index (χ0n) is 16.2. The fraction of sp³-hybridized carbons (Fsp3) is 0.143. The van der Waals surface area contributed by atoms with Crippen molar-refractivity contribution in [2.75, 3.05) is 12.4 Å². The van der Waals surface area contributed by atoms with Gasteiger partial charge in [0, 0.05) is 19.2 Å². The van der Waals surface area contributed by atoms with Gasteiger partial charge in [-0.15, -0.1) is 0 Å². The van der Waals surface area contributed by atoms with E-state index in [9.17, 15) is 19.7 Å². The second-order valence-corrected chi connectivity index (χ2v) is 7.00. The number of para-hydroxylation sites is 1. The van der Waals surface area contributed by atoms with E-state index in [1.165, 1.54) is 17.0 Å². The van der Waals surface area contributed by atoms with Gasteiger partial charge in [0.2, 0.25) is 0 Å². The third-order valence-corrected chi connectivity index (χ3v) is 4.66. The van der Waals surface area contributed by atoms with Gasteiger partial charge in [0.05, 0.1) is 33.3 Å². The molecular weight excluding hydrogens is 410 g/mol. The third kappa shape index (κ3) is 4.66. The number of non-ortho nitro benzene ring substituents is 1. The van der Waals surface area contributed by atoms with Crippen LogP contribution in [0.1, 0.15) is 32.2 Å². The first-order chi connectivity index (χ1) is 14.3. The summed E-state index contributed by atoms with van der Waals surface area (Å²) < 4.78 is 5.51. The van der Waals surface area contributed by atoms with Crippen molar-refractivity contribution in [3.63, 3.8) is 0 Å². The summed E-state index contributed by atoms with van der Waals surface area (Å²) in [6, 6.07) is 13.7. The summed E-state index contributed by atoms with van der Waals surface area (Å²) in [4.78, 5) is 37.3. The lowest BCUT2D eigenvalue weighted by Gasteiger charge is -2.18. The van der Waals surface area contributed by atoms with Crippen molar-refractivity contribution in [1.82, 2.24) is 4.90 Å². The Morgan fingerprint density at radius 3 is 2.50 bits per heavy atom. The number of carbonyl (C=O) groups excluding carboxylic acids is 2. The number of nitrogens with zero attached hydrogens (tertiary/aromatic N) is 2. The number of rotatable bonds is 6. The molecule has 0 aliphatic rings. The van der Waals surface area contributed by atoms with E-state index >= 15 is 0 Å². The molecule has 0 saturated carbocycles. The van der Waals surface area contributed by atoms with Crippen molar-refractivity contribution in [2.24, 2.45) is 0 Å². The van der Waals surface area contributed by atoms with Crippen LogP contribution in [-0.2, 0) is 6.54 Å². The van der Waals surface area contributed by atoms with Crippen molar-refractivity contribution < 1.29 is 18.9 Å². The number of hydrogen-bond acceptors (Lipinski definition) is 5. The highest BCUT2D eigenvalue weighted by atomic mass is 35.5. The van der Waals surface area contributed by atoms with Gasteiger partial charge in [0.25, 0.3) is 17.5 Å². The van der Waals surface area contributed by atoms with Gasteiger partial charge < -0.3 is 14.6 Å². The van der Waals surface area contributed by atoms with E-state index in [4.69, 9.17) is 16.0 Å². The van der Waals surface area contributed by atoms with E-state index in [1.54, 1.807) is 37.4 Å². The normalized spacial score (nSPS) is 10.5. The number of nitrogens with one attached hydrogen (secondary N) is 1. The van der Waals surface area contributed by atoms with Crippen LogP contribution in [0.15, 0.2) is 59.0 Å². The summed E-state index contributed by atoms with van der Waals surface area (Å²) in [5, 5.41) is 13.4. The van der Waals surface area contributed by atoms with Crippen molar-refractivity contribution in [3.05, 3.63) is 92.4 Å². The molecule has 0 saturated heterocycles. The molecule has 0 fully saturated rings. The first kappa shape index (κ1) is 21.1. The van der Waals surface area contributed by atoms with E-state index < -0.39 is 10.8 Å². The van der Waals surface area contributed by atoms with Crippen molar-refractivity contribution in [1.29, 1.82) is 0 Å². The SMILES string of the molecule is Cc1ccc(CN(C)C(=O)c2ccccc2NC(=O)c2ccc([N+](=O)[O-])cc2Cl)o1. The number of halogens is 1. The van der Waals surface area contributed by atoms with Gasteiger partial charge in [0.1, 0.15) is 11.5 Å². The smallest absolute Gasteiger partial charge is 0.270 e. The Bertz CT molecular complexity index is 1130. The molecule has 2 amide bonds. The maximum atomic E-state index is 12.9. The average Bonchev–Trinajstić information content (AvgIpc) is 3.12. The van der Waals surface area contributed by atoms with Gasteiger partial charge in [-0.2, -0.15) is 0 Å². The molecule has 3 rings (SSSR count). The Morgan fingerprint density at radius 1 is 1.13 bits per heavy atom. The molecule has 0 bridgehead atoms. The molecular formula is C21H18ClN3O5. The Balaban J connectivity index is 1.80. The van der Waals surface area contributed by atoms with Gasteiger partial charge in [0.15, 0.2) is 0 Å². The number of furan rings is 1.